The average molecular weight is 200 g/mol. The van der Waals surface area contributed by atoms with Gasteiger partial charge in [0.25, 0.3) is 0 Å². The fourth-order valence-corrected chi connectivity index (χ4v) is 1.74. The van der Waals surface area contributed by atoms with Crippen LogP contribution in [0.2, 0.25) is 0 Å². The van der Waals surface area contributed by atoms with Crippen LogP contribution in [0.1, 0.15) is 0 Å². The molecule has 0 aromatic rings. The van der Waals surface area contributed by atoms with Gasteiger partial charge in [0, 0.05) is 18.8 Å². The summed E-state index contributed by atoms with van der Waals surface area (Å²) in [5.41, 5.74) is 2.37. The van der Waals surface area contributed by atoms with Crippen LogP contribution in [-0.4, -0.2) is 42.2 Å². The Morgan fingerprint density at radius 2 is 2.27 bits per heavy atom. The Morgan fingerprint density at radius 3 is 3.13 bits per heavy atom. The topological polar surface area (TPSA) is 57.4 Å². The van der Waals surface area contributed by atoms with Gasteiger partial charge in [0.05, 0.1) is 5.70 Å². The normalized spacial score (nSPS) is 22.7. The molecule has 3 aliphatic rings. The predicted octanol–water partition coefficient (Wildman–Crippen LogP) is 0.164. The second-order valence-corrected chi connectivity index (χ2v) is 3.57. The summed E-state index contributed by atoms with van der Waals surface area (Å²) in [5, 5.41) is 0. The highest BCUT2D eigenvalue weighted by molar-refractivity contribution is 6.74. The standard InChI is InChI=1S/C10H8N4O/c1-14-3-6-2-7-9(12-4-11-7)10(15)8(6)13-5-14/h2-4H,5H2,1H3. The summed E-state index contributed by atoms with van der Waals surface area (Å²) in [7, 11) is 1.91. The Balaban J connectivity index is 2.18. The highest BCUT2D eigenvalue weighted by Gasteiger charge is 2.32. The fraction of sp³-hybridized carbons (Fsp3) is 0.200. The smallest absolute Gasteiger partial charge is 0.232 e. The average Bonchev–Trinajstić information content (AvgIpc) is 2.65. The summed E-state index contributed by atoms with van der Waals surface area (Å²) in [6, 6.07) is 0. The molecule has 0 aromatic carbocycles. The van der Waals surface area contributed by atoms with E-state index in [0.717, 1.165) is 5.57 Å². The first kappa shape index (κ1) is 8.28. The lowest BCUT2D eigenvalue weighted by atomic mass is 9.94. The Kier molecular flexibility index (Phi) is 1.50. The van der Waals surface area contributed by atoms with Crippen LogP contribution in [0.15, 0.2) is 38.5 Å². The van der Waals surface area contributed by atoms with Crippen molar-refractivity contribution in [2.75, 3.05) is 13.7 Å². The SMILES string of the molecule is CN1C=C2C=C3N=CN=C3C(=O)C2=NC1. The monoisotopic (exact) mass is 200 g/mol. The lowest BCUT2D eigenvalue weighted by Gasteiger charge is -2.22. The van der Waals surface area contributed by atoms with Crippen molar-refractivity contribution in [1.29, 1.82) is 0 Å². The number of carbonyl (C=O) groups is 1. The second kappa shape index (κ2) is 2.73. The molecule has 74 valence electrons. The summed E-state index contributed by atoms with van der Waals surface area (Å²) < 4.78 is 0. The molecule has 0 atom stereocenters. The Morgan fingerprint density at radius 1 is 1.40 bits per heavy atom. The van der Waals surface area contributed by atoms with Crippen molar-refractivity contribution in [3.63, 3.8) is 0 Å². The fourth-order valence-electron chi connectivity index (χ4n) is 1.74. The minimum absolute atomic E-state index is 0.121. The van der Waals surface area contributed by atoms with E-state index >= 15 is 0 Å². The van der Waals surface area contributed by atoms with Crippen LogP contribution < -0.4 is 0 Å². The van der Waals surface area contributed by atoms with Gasteiger partial charge >= 0.3 is 0 Å². The maximum atomic E-state index is 11.9. The summed E-state index contributed by atoms with van der Waals surface area (Å²) in [4.78, 5) is 26.0. The van der Waals surface area contributed by atoms with Crippen LogP contribution in [0, 0.1) is 0 Å². The van der Waals surface area contributed by atoms with E-state index < -0.39 is 0 Å². The van der Waals surface area contributed by atoms with Gasteiger partial charge in [-0.25, -0.2) is 9.98 Å². The first-order valence-corrected chi connectivity index (χ1v) is 4.60. The molecule has 1 aliphatic carbocycles. The van der Waals surface area contributed by atoms with Gasteiger partial charge < -0.3 is 4.90 Å². The van der Waals surface area contributed by atoms with Crippen LogP contribution in [0.5, 0.6) is 0 Å². The molecule has 5 nitrogen and oxygen atoms in total. The van der Waals surface area contributed by atoms with Crippen molar-refractivity contribution < 1.29 is 4.79 Å². The third kappa shape index (κ3) is 1.09. The van der Waals surface area contributed by atoms with Gasteiger partial charge in [0.1, 0.15) is 24.4 Å². The van der Waals surface area contributed by atoms with Crippen LogP contribution in [-0.2, 0) is 4.79 Å². The third-order valence-corrected chi connectivity index (χ3v) is 2.43. The van der Waals surface area contributed by atoms with E-state index in [1.165, 1.54) is 6.34 Å². The molecule has 0 radical (unpaired) electrons. The van der Waals surface area contributed by atoms with Gasteiger partial charge in [0.2, 0.25) is 5.78 Å². The number of Topliss-reactive ketones (excluding diaryl/α,β-unsaturated/α-hetero) is 1. The molecule has 0 unspecified atom stereocenters. The molecule has 0 amide bonds. The molecule has 0 bridgehead atoms. The Bertz CT molecular complexity index is 508. The molecule has 5 heteroatoms. The zero-order valence-corrected chi connectivity index (χ0v) is 8.14. The van der Waals surface area contributed by atoms with E-state index in [1.807, 2.05) is 24.2 Å². The predicted molar refractivity (Wildman–Crippen MR) is 57.2 cm³/mol. The van der Waals surface area contributed by atoms with Crippen LogP contribution in [0.25, 0.3) is 0 Å². The molecule has 0 saturated carbocycles. The number of nitrogens with zero attached hydrogens (tertiary/aromatic N) is 4. The van der Waals surface area contributed by atoms with E-state index in [-0.39, 0.29) is 5.78 Å². The molecule has 3 rings (SSSR count). The second-order valence-electron chi connectivity index (χ2n) is 3.57. The van der Waals surface area contributed by atoms with Crippen molar-refractivity contribution in [2.45, 2.75) is 0 Å². The first-order valence-electron chi connectivity index (χ1n) is 4.60. The van der Waals surface area contributed by atoms with Gasteiger partial charge in [-0.3, -0.25) is 9.79 Å². The zero-order chi connectivity index (χ0) is 10.4. The highest BCUT2D eigenvalue weighted by atomic mass is 16.1. The van der Waals surface area contributed by atoms with E-state index in [4.69, 9.17) is 0 Å². The summed E-state index contributed by atoms with van der Waals surface area (Å²) >= 11 is 0. The number of ketones is 1. The molecule has 0 fully saturated rings. The van der Waals surface area contributed by atoms with Gasteiger partial charge in [-0.2, -0.15) is 0 Å². The van der Waals surface area contributed by atoms with Crippen LogP contribution in [0.3, 0.4) is 0 Å². The highest BCUT2D eigenvalue weighted by Crippen LogP contribution is 2.22. The van der Waals surface area contributed by atoms with Crippen LogP contribution >= 0.6 is 0 Å². The number of rotatable bonds is 0. The summed E-state index contributed by atoms with van der Waals surface area (Å²) in [6.45, 7) is 0.516. The molecule has 2 heterocycles. The Hall–Kier alpha value is -2.04. The lowest BCUT2D eigenvalue weighted by Crippen LogP contribution is -2.33. The largest absolute Gasteiger partial charge is 0.361 e. The van der Waals surface area contributed by atoms with Crippen LogP contribution in [0.4, 0.5) is 0 Å². The summed E-state index contributed by atoms with van der Waals surface area (Å²) in [6.07, 6.45) is 5.15. The van der Waals surface area contributed by atoms with Crippen molar-refractivity contribution in [1.82, 2.24) is 4.90 Å². The zero-order valence-electron chi connectivity index (χ0n) is 8.14. The van der Waals surface area contributed by atoms with Gasteiger partial charge in [-0.15, -0.1) is 0 Å². The van der Waals surface area contributed by atoms with Gasteiger partial charge in [0.15, 0.2) is 0 Å². The maximum absolute atomic E-state index is 11.9. The Labute approximate surface area is 86.2 Å². The summed E-state index contributed by atoms with van der Waals surface area (Å²) in [5.74, 6) is -0.121. The van der Waals surface area contributed by atoms with Gasteiger partial charge in [-0.05, 0) is 6.08 Å². The number of fused-ring (bicyclic) bond motifs is 2. The van der Waals surface area contributed by atoms with E-state index in [2.05, 4.69) is 15.0 Å². The van der Waals surface area contributed by atoms with E-state index in [0.29, 0.717) is 23.8 Å². The molecular formula is C10H8N4O. The molecule has 0 aromatic heterocycles. The first-order chi connectivity index (χ1) is 7.25. The number of allylic oxidation sites excluding steroid dienone is 3. The molecular weight excluding hydrogens is 192 g/mol. The van der Waals surface area contributed by atoms with Crippen molar-refractivity contribution in [2.24, 2.45) is 15.0 Å². The van der Waals surface area contributed by atoms with Crippen molar-refractivity contribution in [3.8, 4) is 0 Å². The number of hydrogen-bond acceptors (Lipinski definition) is 5. The molecule has 0 N–H and O–H groups in total. The number of hydrogen-bond donors (Lipinski definition) is 0. The minimum atomic E-state index is -0.121. The van der Waals surface area contributed by atoms with Crippen molar-refractivity contribution in [3.05, 3.63) is 23.5 Å². The van der Waals surface area contributed by atoms with E-state index in [1.54, 1.807) is 0 Å². The quantitative estimate of drug-likeness (QED) is 0.559. The van der Waals surface area contributed by atoms with Crippen molar-refractivity contribution >= 4 is 23.5 Å². The number of aliphatic imine (C=N–C) groups is 3. The molecule has 2 aliphatic heterocycles. The minimum Gasteiger partial charge on any atom is -0.361 e. The molecule has 0 spiro atoms. The van der Waals surface area contributed by atoms with E-state index in [9.17, 15) is 4.79 Å². The van der Waals surface area contributed by atoms with Gasteiger partial charge in [-0.1, -0.05) is 0 Å². The molecule has 0 saturated heterocycles. The third-order valence-electron chi connectivity index (χ3n) is 2.43. The lowest BCUT2D eigenvalue weighted by molar-refractivity contribution is -0.107. The molecule has 15 heavy (non-hydrogen) atoms. The number of carbonyl (C=O) groups excluding carboxylic acids is 1. The maximum Gasteiger partial charge on any atom is 0.232 e.